The number of benzene rings is 2. The number of hydrogen-bond donors (Lipinski definition) is 0. The Morgan fingerprint density at radius 3 is 2.65 bits per heavy atom. The first kappa shape index (κ1) is 18.0. The smallest absolute Gasteiger partial charge is 0.329 e. The van der Waals surface area contributed by atoms with Crippen LogP contribution in [0.5, 0.6) is 5.75 Å². The van der Waals surface area contributed by atoms with E-state index in [4.69, 9.17) is 9.47 Å². The molecule has 0 spiro atoms. The molecule has 0 fully saturated rings. The molecule has 2 aromatic rings. The van der Waals surface area contributed by atoms with E-state index in [2.05, 4.69) is 13.8 Å². The van der Waals surface area contributed by atoms with Crippen LogP contribution in [0.2, 0.25) is 0 Å². The minimum Gasteiger partial charge on any atom is -0.484 e. The third-order valence-corrected chi connectivity index (χ3v) is 4.61. The van der Waals surface area contributed by atoms with Crippen LogP contribution in [0.4, 0.5) is 5.69 Å². The number of rotatable bonds is 5. The Morgan fingerprint density at radius 1 is 1.15 bits per heavy atom. The maximum absolute atomic E-state index is 12.8. The van der Waals surface area contributed by atoms with E-state index in [-0.39, 0.29) is 12.5 Å². The third kappa shape index (κ3) is 3.57. The van der Waals surface area contributed by atoms with Gasteiger partial charge in [0.1, 0.15) is 11.8 Å². The van der Waals surface area contributed by atoms with Crippen LogP contribution in [-0.2, 0) is 20.7 Å². The molecule has 1 aliphatic heterocycles. The van der Waals surface area contributed by atoms with Gasteiger partial charge in [0, 0.05) is 12.1 Å². The normalized spacial score (nSPS) is 15.7. The molecule has 1 amide bonds. The number of esters is 1. The molecule has 0 radical (unpaired) electrons. The second kappa shape index (κ2) is 7.60. The Bertz CT molecular complexity index is 815. The SMILES string of the molecule is COC(=O)C1Cc2ccccc2N1C(=O)COc1cccc(C(C)C)c1. The minimum absolute atomic E-state index is 0.136. The van der Waals surface area contributed by atoms with Crippen LogP contribution in [0.15, 0.2) is 48.5 Å². The molecule has 0 N–H and O–H groups in total. The van der Waals surface area contributed by atoms with E-state index >= 15 is 0 Å². The second-order valence-electron chi connectivity index (χ2n) is 6.65. The molecule has 3 rings (SSSR count). The number of ether oxygens (including phenoxy) is 2. The number of para-hydroxylation sites is 1. The fourth-order valence-electron chi connectivity index (χ4n) is 3.20. The van der Waals surface area contributed by atoms with Gasteiger partial charge in [0.15, 0.2) is 6.61 Å². The monoisotopic (exact) mass is 353 g/mol. The lowest BCUT2D eigenvalue weighted by molar-refractivity contribution is -0.143. The van der Waals surface area contributed by atoms with Gasteiger partial charge < -0.3 is 9.47 Å². The predicted molar refractivity (Wildman–Crippen MR) is 99.5 cm³/mol. The first-order valence-electron chi connectivity index (χ1n) is 8.71. The summed E-state index contributed by atoms with van der Waals surface area (Å²) < 4.78 is 10.6. The van der Waals surface area contributed by atoms with Crippen LogP contribution < -0.4 is 9.64 Å². The summed E-state index contributed by atoms with van der Waals surface area (Å²) in [7, 11) is 1.34. The second-order valence-corrected chi connectivity index (χ2v) is 6.65. The predicted octanol–water partition coefficient (Wildman–Crippen LogP) is 3.32. The van der Waals surface area contributed by atoms with Crippen molar-refractivity contribution in [3.63, 3.8) is 0 Å². The lowest BCUT2D eigenvalue weighted by atomic mass is 10.0. The molecule has 5 nitrogen and oxygen atoms in total. The molecular weight excluding hydrogens is 330 g/mol. The highest BCUT2D eigenvalue weighted by Crippen LogP contribution is 2.32. The zero-order chi connectivity index (χ0) is 18.7. The standard InChI is InChI=1S/C21H23NO4/c1-14(2)15-8-6-9-17(11-15)26-13-20(23)22-18-10-5-4-7-16(18)12-19(22)21(24)25-3/h4-11,14,19H,12-13H2,1-3H3. The average Bonchev–Trinajstić information content (AvgIpc) is 3.05. The Kier molecular flexibility index (Phi) is 5.26. The molecule has 1 aliphatic rings. The largest absolute Gasteiger partial charge is 0.484 e. The van der Waals surface area contributed by atoms with Crippen LogP contribution in [-0.4, -0.2) is 31.6 Å². The summed E-state index contributed by atoms with van der Waals surface area (Å²) in [6, 6.07) is 14.6. The van der Waals surface area contributed by atoms with Gasteiger partial charge in [-0.2, -0.15) is 0 Å². The number of anilines is 1. The molecule has 0 saturated heterocycles. The molecule has 5 heteroatoms. The molecule has 26 heavy (non-hydrogen) atoms. The summed E-state index contributed by atoms with van der Waals surface area (Å²) in [6.07, 6.45) is 0.456. The Labute approximate surface area is 153 Å². The van der Waals surface area contributed by atoms with Crippen molar-refractivity contribution in [1.82, 2.24) is 0 Å². The number of nitrogens with zero attached hydrogens (tertiary/aromatic N) is 1. The van der Waals surface area contributed by atoms with Crippen LogP contribution in [0.25, 0.3) is 0 Å². The first-order valence-corrected chi connectivity index (χ1v) is 8.71. The van der Waals surface area contributed by atoms with Gasteiger partial charge in [-0.15, -0.1) is 0 Å². The summed E-state index contributed by atoms with van der Waals surface area (Å²) in [5.41, 5.74) is 2.85. The average molecular weight is 353 g/mol. The first-order chi connectivity index (χ1) is 12.5. The quantitative estimate of drug-likeness (QED) is 0.774. The van der Waals surface area contributed by atoms with Gasteiger partial charge in [0.05, 0.1) is 7.11 Å². The maximum Gasteiger partial charge on any atom is 0.329 e. The zero-order valence-electron chi connectivity index (χ0n) is 15.3. The molecule has 2 aromatic carbocycles. The van der Waals surface area contributed by atoms with Gasteiger partial charge in [-0.25, -0.2) is 4.79 Å². The summed E-state index contributed by atoms with van der Waals surface area (Å²) in [5, 5.41) is 0. The summed E-state index contributed by atoms with van der Waals surface area (Å²) in [5.74, 6) is 0.340. The molecule has 1 atom stereocenters. The third-order valence-electron chi connectivity index (χ3n) is 4.61. The maximum atomic E-state index is 12.8. The van der Waals surface area contributed by atoms with E-state index in [1.807, 2.05) is 48.5 Å². The topological polar surface area (TPSA) is 55.8 Å². The number of amides is 1. The van der Waals surface area contributed by atoms with E-state index in [1.54, 1.807) is 0 Å². The molecule has 0 saturated carbocycles. The zero-order valence-corrected chi connectivity index (χ0v) is 15.3. The van der Waals surface area contributed by atoms with Crippen LogP contribution in [0.1, 0.15) is 30.9 Å². The van der Waals surface area contributed by atoms with Gasteiger partial charge in [-0.1, -0.05) is 44.2 Å². The van der Waals surface area contributed by atoms with Crippen molar-refractivity contribution >= 4 is 17.6 Å². The Balaban J connectivity index is 1.77. The van der Waals surface area contributed by atoms with Crippen molar-refractivity contribution < 1.29 is 19.1 Å². The molecule has 1 unspecified atom stereocenters. The van der Waals surface area contributed by atoms with Crippen molar-refractivity contribution in [2.45, 2.75) is 32.2 Å². The van der Waals surface area contributed by atoms with Gasteiger partial charge in [-0.05, 0) is 35.2 Å². The van der Waals surface area contributed by atoms with E-state index in [0.29, 0.717) is 18.1 Å². The molecule has 1 heterocycles. The number of carbonyl (C=O) groups excluding carboxylic acids is 2. The molecule has 0 aliphatic carbocycles. The van der Waals surface area contributed by atoms with Crippen LogP contribution in [0, 0.1) is 0 Å². The number of fused-ring (bicyclic) bond motifs is 1. The highest BCUT2D eigenvalue weighted by Gasteiger charge is 2.38. The van der Waals surface area contributed by atoms with Crippen molar-refractivity contribution in [2.24, 2.45) is 0 Å². The minimum atomic E-state index is -0.643. The molecule has 136 valence electrons. The van der Waals surface area contributed by atoms with E-state index in [9.17, 15) is 9.59 Å². The van der Waals surface area contributed by atoms with Gasteiger partial charge in [-0.3, -0.25) is 9.69 Å². The lowest BCUT2D eigenvalue weighted by Crippen LogP contribution is -2.45. The lowest BCUT2D eigenvalue weighted by Gasteiger charge is -2.23. The Morgan fingerprint density at radius 2 is 1.92 bits per heavy atom. The summed E-state index contributed by atoms with van der Waals surface area (Å²) in [4.78, 5) is 26.5. The molecule has 0 bridgehead atoms. The van der Waals surface area contributed by atoms with Crippen LogP contribution >= 0.6 is 0 Å². The number of hydrogen-bond acceptors (Lipinski definition) is 4. The molecular formula is C21H23NO4. The highest BCUT2D eigenvalue weighted by molar-refractivity contribution is 6.02. The van der Waals surface area contributed by atoms with Crippen LogP contribution in [0.3, 0.4) is 0 Å². The van der Waals surface area contributed by atoms with E-state index in [1.165, 1.54) is 12.0 Å². The van der Waals surface area contributed by atoms with Crippen molar-refractivity contribution in [1.29, 1.82) is 0 Å². The van der Waals surface area contributed by atoms with Crippen molar-refractivity contribution in [3.05, 3.63) is 59.7 Å². The number of carbonyl (C=O) groups is 2. The van der Waals surface area contributed by atoms with Gasteiger partial charge in [0.25, 0.3) is 5.91 Å². The van der Waals surface area contributed by atoms with E-state index < -0.39 is 12.0 Å². The summed E-state index contributed by atoms with van der Waals surface area (Å²) >= 11 is 0. The fraction of sp³-hybridized carbons (Fsp3) is 0.333. The molecule has 0 aromatic heterocycles. The van der Waals surface area contributed by atoms with Gasteiger partial charge in [0.2, 0.25) is 0 Å². The summed E-state index contributed by atoms with van der Waals surface area (Å²) in [6.45, 7) is 4.07. The Hall–Kier alpha value is -2.82. The van der Waals surface area contributed by atoms with Crippen molar-refractivity contribution in [3.8, 4) is 5.75 Å². The van der Waals surface area contributed by atoms with Crippen molar-refractivity contribution in [2.75, 3.05) is 18.6 Å². The van der Waals surface area contributed by atoms with E-state index in [0.717, 1.165) is 16.8 Å². The highest BCUT2D eigenvalue weighted by atomic mass is 16.5. The fourth-order valence-corrected chi connectivity index (χ4v) is 3.20. The number of methoxy groups -OCH3 is 1. The van der Waals surface area contributed by atoms with Gasteiger partial charge >= 0.3 is 5.97 Å².